The van der Waals surface area contributed by atoms with Gasteiger partial charge in [0.05, 0.1) is 25.3 Å². The van der Waals surface area contributed by atoms with Crippen molar-refractivity contribution in [3.8, 4) is 11.1 Å². The Morgan fingerprint density at radius 2 is 1.23 bits per heavy atom. The summed E-state index contributed by atoms with van der Waals surface area (Å²) in [5.41, 5.74) is 4.51. The highest BCUT2D eigenvalue weighted by Gasteiger charge is 2.22. The quantitative estimate of drug-likeness (QED) is 0.466. The molecule has 0 saturated carbocycles. The summed E-state index contributed by atoms with van der Waals surface area (Å²) in [5.74, 6) is -1.10. The van der Waals surface area contributed by atoms with E-state index in [1.54, 1.807) is 12.3 Å². The average Bonchev–Trinajstić information content (AvgIpc) is 2.77. The fraction of sp³-hybridized carbons (Fsp3) is 0.167. The molecular weight excluding hydrogens is 380 g/mol. The Morgan fingerprint density at radius 3 is 1.90 bits per heavy atom. The van der Waals surface area contributed by atoms with Gasteiger partial charge in [0.2, 0.25) is 0 Å². The number of carbonyl (C=O) groups is 2. The maximum absolute atomic E-state index is 12.4. The number of aromatic nitrogens is 2. The van der Waals surface area contributed by atoms with Gasteiger partial charge in [-0.05, 0) is 47.6 Å². The molecule has 6 nitrogen and oxygen atoms in total. The molecule has 0 bridgehead atoms. The number of rotatable bonds is 3. The van der Waals surface area contributed by atoms with Crippen molar-refractivity contribution in [2.75, 3.05) is 14.2 Å². The topological polar surface area (TPSA) is 78.4 Å². The van der Waals surface area contributed by atoms with E-state index in [0.717, 1.165) is 33.0 Å². The van der Waals surface area contributed by atoms with E-state index in [-0.39, 0.29) is 11.1 Å². The van der Waals surface area contributed by atoms with E-state index in [1.807, 2.05) is 31.5 Å². The monoisotopic (exact) mass is 400 g/mol. The van der Waals surface area contributed by atoms with Crippen molar-refractivity contribution in [2.45, 2.75) is 13.8 Å². The van der Waals surface area contributed by atoms with Crippen LogP contribution in [0.5, 0.6) is 0 Å². The Balaban J connectivity index is 2.14. The maximum atomic E-state index is 12.4. The second-order valence-corrected chi connectivity index (χ2v) is 7.06. The molecule has 4 rings (SSSR count). The van der Waals surface area contributed by atoms with Gasteiger partial charge in [-0.2, -0.15) is 0 Å². The number of benzene rings is 2. The second-order valence-electron chi connectivity index (χ2n) is 7.06. The minimum atomic E-state index is -0.568. The molecule has 0 aliphatic rings. The molecule has 2 aromatic heterocycles. The van der Waals surface area contributed by atoms with Crippen molar-refractivity contribution in [2.24, 2.45) is 0 Å². The third-order valence-electron chi connectivity index (χ3n) is 5.34. The van der Waals surface area contributed by atoms with Crippen molar-refractivity contribution in [1.29, 1.82) is 0 Å². The molecule has 2 aromatic carbocycles. The van der Waals surface area contributed by atoms with Crippen LogP contribution in [0.4, 0.5) is 0 Å². The van der Waals surface area contributed by atoms with E-state index < -0.39 is 11.9 Å². The molecule has 0 atom stereocenters. The van der Waals surface area contributed by atoms with Crippen LogP contribution in [0.2, 0.25) is 0 Å². The highest BCUT2D eigenvalue weighted by atomic mass is 16.5. The van der Waals surface area contributed by atoms with Crippen molar-refractivity contribution >= 4 is 33.5 Å². The number of esters is 2. The number of nitrogens with zero attached hydrogens (tertiary/aromatic N) is 2. The normalized spacial score (nSPS) is 10.9. The zero-order valence-electron chi connectivity index (χ0n) is 17.1. The first-order valence-corrected chi connectivity index (χ1v) is 9.39. The van der Waals surface area contributed by atoms with E-state index in [1.165, 1.54) is 20.4 Å². The largest absolute Gasteiger partial charge is 0.465 e. The molecule has 0 N–H and O–H groups in total. The Hall–Kier alpha value is -3.80. The van der Waals surface area contributed by atoms with E-state index in [2.05, 4.69) is 23.0 Å². The summed E-state index contributed by atoms with van der Waals surface area (Å²) in [5, 5.41) is 3.23. The lowest BCUT2D eigenvalue weighted by molar-refractivity contribution is 0.0601. The number of methoxy groups -OCH3 is 2. The lowest BCUT2D eigenvalue weighted by Crippen LogP contribution is -2.09. The Morgan fingerprint density at radius 1 is 0.667 bits per heavy atom. The summed E-state index contributed by atoms with van der Waals surface area (Å²) in [4.78, 5) is 33.5. The lowest BCUT2D eigenvalue weighted by Gasteiger charge is -2.15. The molecule has 0 aliphatic heterocycles. The van der Waals surface area contributed by atoms with Gasteiger partial charge in [0.1, 0.15) is 0 Å². The molecule has 0 saturated heterocycles. The van der Waals surface area contributed by atoms with Crippen LogP contribution in [0.3, 0.4) is 0 Å². The minimum absolute atomic E-state index is 0.211. The van der Waals surface area contributed by atoms with Crippen LogP contribution in [-0.4, -0.2) is 36.1 Å². The first-order valence-electron chi connectivity index (χ1n) is 9.39. The Labute approximate surface area is 173 Å². The van der Waals surface area contributed by atoms with Gasteiger partial charge in [0.25, 0.3) is 0 Å². The molecular formula is C24H20N2O4. The molecule has 0 radical (unpaired) electrons. The minimum Gasteiger partial charge on any atom is -0.465 e. The summed E-state index contributed by atoms with van der Waals surface area (Å²) < 4.78 is 9.86. The predicted octanol–water partition coefficient (Wildman–Crippen LogP) is 4.64. The number of aryl methyl sites for hydroxylation is 2. The molecule has 0 amide bonds. The second kappa shape index (κ2) is 7.55. The number of hydrogen-bond acceptors (Lipinski definition) is 6. The van der Waals surface area contributed by atoms with Gasteiger partial charge in [-0.1, -0.05) is 18.2 Å². The van der Waals surface area contributed by atoms with Gasteiger partial charge >= 0.3 is 11.9 Å². The molecule has 30 heavy (non-hydrogen) atoms. The van der Waals surface area contributed by atoms with Crippen LogP contribution >= 0.6 is 0 Å². The number of ether oxygens (including phenoxy) is 2. The standard InChI is InChI=1S/C24H20N2O4/c1-13-5-6-15(18-10-25-9-14(2)21(13)18)16-7-8-17(23(27)29-3)22-19(16)11-26-12-20(22)24(28)30-4/h5-12H,1-4H3. The molecule has 150 valence electrons. The fourth-order valence-corrected chi connectivity index (χ4v) is 3.98. The highest BCUT2D eigenvalue weighted by Crippen LogP contribution is 2.37. The Bertz CT molecular complexity index is 1300. The third kappa shape index (κ3) is 2.97. The van der Waals surface area contributed by atoms with Crippen LogP contribution in [0, 0.1) is 13.8 Å². The first kappa shape index (κ1) is 19.5. The predicted molar refractivity (Wildman–Crippen MR) is 115 cm³/mol. The van der Waals surface area contributed by atoms with Crippen molar-refractivity contribution in [1.82, 2.24) is 9.97 Å². The molecule has 0 spiro atoms. The van der Waals surface area contributed by atoms with E-state index in [0.29, 0.717) is 10.8 Å². The number of pyridine rings is 2. The van der Waals surface area contributed by atoms with Gasteiger partial charge in [0.15, 0.2) is 0 Å². The molecule has 6 heteroatoms. The summed E-state index contributed by atoms with van der Waals surface area (Å²) >= 11 is 0. The van der Waals surface area contributed by atoms with Gasteiger partial charge < -0.3 is 9.47 Å². The van der Waals surface area contributed by atoms with Crippen LogP contribution in [0.25, 0.3) is 32.7 Å². The molecule has 0 fully saturated rings. The van der Waals surface area contributed by atoms with Gasteiger partial charge in [-0.3, -0.25) is 9.97 Å². The zero-order valence-corrected chi connectivity index (χ0v) is 17.1. The van der Waals surface area contributed by atoms with Crippen molar-refractivity contribution < 1.29 is 19.1 Å². The summed E-state index contributed by atoms with van der Waals surface area (Å²) in [6, 6.07) is 7.60. The Kier molecular flexibility index (Phi) is 4.91. The SMILES string of the molecule is COC(=O)c1ccc(-c2ccc(C)c3c(C)cncc23)c2cncc(C(=O)OC)c12. The zero-order chi connectivity index (χ0) is 21.4. The summed E-state index contributed by atoms with van der Waals surface area (Å²) in [6.45, 7) is 4.09. The smallest absolute Gasteiger partial charge is 0.340 e. The number of hydrogen-bond donors (Lipinski definition) is 0. The molecule has 2 heterocycles. The summed E-state index contributed by atoms with van der Waals surface area (Å²) in [7, 11) is 2.60. The first-order chi connectivity index (χ1) is 14.5. The van der Waals surface area contributed by atoms with E-state index in [9.17, 15) is 9.59 Å². The molecule has 0 aliphatic carbocycles. The van der Waals surface area contributed by atoms with Gasteiger partial charge in [-0.25, -0.2) is 9.59 Å². The number of carbonyl (C=O) groups excluding carboxylic acids is 2. The molecule has 0 unspecified atom stereocenters. The van der Waals surface area contributed by atoms with E-state index >= 15 is 0 Å². The number of fused-ring (bicyclic) bond motifs is 2. The van der Waals surface area contributed by atoms with Crippen LogP contribution in [0.15, 0.2) is 49.1 Å². The highest BCUT2D eigenvalue weighted by molar-refractivity contribution is 6.17. The molecule has 4 aromatic rings. The summed E-state index contributed by atoms with van der Waals surface area (Å²) in [6.07, 6.45) is 6.73. The van der Waals surface area contributed by atoms with Crippen molar-refractivity contribution in [3.63, 3.8) is 0 Å². The van der Waals surface area contributed by atoms with Crippen LogP contribution in [-0.2, 0) is 9.47 Å². The fourth-order valence-electron chi connectivity index (χ4n) is 3.98. The van der Waals surface area contributed by atoms with Crippen molar-refractivity contribution in [3.05, 3.63) is 71.3 Å². The van der Waals surface area contributed by atoms with E-state index in [4.69, 9.17) is 9.47 Å². The van der Waals surface area contributed by atoms with Gasteiger partial charge in [0, 0.05) is 40.9 Å². The average molecular weight is 400 g/mol. The van der Waals surface area contributed by atoms with Gasteiger partial charge in [-0.15, -0.1) is 0 Å². The lowest BCUT2D eigenvalue weighted by atomic mass is 9.90. The third-order valence-corrected chi connectivity index (χ3v) is 5.34. The maximum Gasteiger partial charge on any atom is 0.340 e. The van der Waals surface area contributed by atoms with Crippen LogP contribution < -0.4 is 0 Å². The van der Waals surface area contributed by atoms with Crippen LogP contribution in [0.1, 0.15) is 31.8 Å².